The molecule has 0 bridgehead atoms. The number of hydrogen-bond donors (Lipinski definition) is 3. The summed E-state index contributed by atoms with van der Waals surface area (Å²) in [7, 11) is 1.32. The highest BCUT2D eigenvalue weighted by atomic mass is 32.1. The summed E-state index contributed by atoms with van der Waals surface area (Å²) in [5.74, 6) is -1.31. The second-order valence-electron chi connectivity index (χ2n) is 5.90. The minimum Gasteiger partial charge on any atom is -0.481 e. The van der Waals surface area contributed by atoms with Crippen LogP contribution in [0.4, 0.5) is 4.79 Å². The summed E-state index contributed by atoms with van der Waals surface area (Å²) in [4.78, 5) is 35.8. The molecule has 1 aromatic carbocycles. The van der Waals surface area contributed by atoms with Gasteiger partial charge in [-0.05, 0) is 30.5 Å². The van der Waals surface area contributed by atoms with E-state index in [2.05, 4.69) is 15.4 Å². The van der Waals surface area contributed by atoms with Crippen LogP contribution in [-0.2, 0) is 22.5 Å². The quantitative estimate of drug-likeness (QED) is 0.571. The van der Waals surface area contributed by atoms with Gasteiger partial charge in [0.25, 0.3) is 0 Å². The van der Waals surface area contributed by atoms with Gasteiger partial charge in [-0.1, -0.05) is 30.3 Å². The van der Waals surface area contributed by atoms with Gasteiger partial charge >= 0.3 is 18.0 Å². The topological polar surface area (TPSA) is 105 Å². The Morgan fingerprint density at radius 2 is 1.89 bits per heavy atom. The van der Waals surface area contributed by atoms with E-state index < -0.39 is 11.9 Å². The molecule has 2 aromatic rings. The molecule has 0 saturated carbocycles. The monoisotopic (exact) mass is 390 g/mol. The molecule has 0 aliphatic heterocycles. The number of esters is 1. The summed E-state index contributed by atoms with van der Waals surface area (Å²) in [6.07, 6.45) is 0.862. The van der Waals surface area contributed by atoms with Crippen LogP contribution in [-0.4, -0.2) is 36.2 Å². The first-order chi connectivity index (χ1) is 13.0. The third-order valence-electron chi connectivity index (χ3n) is 3.84. The third-order valence-corrected chi connectivity index (χ3v) is 4.90. The third kappa shape index (κ3) is 7.10. The van der Waals surface area contributed by atoms with Crippen molar-refractivity contribution in [2.45, 2.75) is 31.8 Å². The molecular weight excluding hydrogens is 368 g/mol. The summed E-state index contributed by atoms with van der Waals surface area (Å²) in [6, 6.07) is 12.3. The summed E-state index contributed by atoms with van der Waals surface area (Å²) in [6.45, 7) is 0.268. The zero-order valence-electron chi connectivity index (χ0n) is 14.9. The Labute approximate surface area is 161 Å². The van der Waals surface area contributed by atoms with E-state index in [4.69, 9.17) is 5.11 Å². The Balaban J connectivity index is 1.89. The van der Waals surface area contributed by atoms with Crippen LogP contribution >= 0.6 is 11.3 Å². The maximum Gasteiger partial charge on any atom is 0.348 e. The smallest absolute Gasteiger partial charge is 0.348 e. The highest BCUT2D eigenvalue weighted by molar-refractivity contribution is 7.13. The standard InChI is InChI=1S/C19H22N2O5S/c1-26-18(24)16-9-8-15(27-16)12-20-19(25)21-14(7-10-17(22)23)11-13-5-3-2-4-6-13/h2-6,8-9,14H,7,10-12H2,1H3,(H,22,23)(H2,20,21,25). The van der Waals surface area contributed by atoms with Crippen LogP contribution in [0.3, 0.4) is 0 Å². The number of carbonyl (C=O) groups excluding carboxylic acids is 2. The molecule has 0 aliphatic rings. The van der Waals surface area contributed by atoms with Crippen molar-refractivity contribution >= 4 is 29.3 Å². The molecule has 0 spiro atoms. The lowest BCUT2D eigenvalue weighted by molar-refractivity contribution is -0.137. The van der Waals surface area contributed by atoms with E-state index in [1.165, 1.54) is 18.4 Å². The molecule has 0 aliphatic carbocycles. The van der Waals surface area contributed by atoms with Crippen molar-refractivity contribution in [3.63, 3.8) is 0 Å². The van der Waals surface area contributed by atoms with Crippen LogP contribution in [0.1, 0.15) is 33.0 Å². The first-order valence-corrected chi connectivity index (χ1v) is 9.26. The SMILES string of the molecule is COC(=O)c1ccc(CNC(=O)NC(CCC(=O)O)Cc2ccccc2)s1. The van der Waals surface area contributed by atoms with Gasteiger partial charge in [-0.3, -0.25) is 4.79 Å². The first kappa shape index (κ1) is 20.4. The number of carbonyl (C=O) groups is 3. The van der Waals surface area contributed by atoms with Gasteiger partial charge in [-0.2, -0.15) is 0 Å². The number of nitrogens with one attached hydrogen (secondary N) is 2. The average molecular weight is 390 g/mol. The molecule has 1 heterocycles. The molecule has 1 unspecified atom stereocenters. The number of thiophene rings is 1. The number of methoxy groups -OCH3 is 1. The first-order valence-electron chi connectivity index (χ1n) is 8.45. The lowest BCUT2D eigenvalue weighted by atomic mass is 10.0. The zero-order chi connectivity index (χ0) is 19.6. The molecule has 3 N–H and O–H groups in total. The molecule has 144 valence electrons. The highest BCUT2D eigenvalue weighted by Gasteiger charge is 2.15. The predicted octanol–water partition coefficient (Wildman–Crippen LogP) is 2.81. The molecule has 1 atom stereocenters. The lowest BCUT2D eigenvalue weighted by Gasteiger charge is -2.18. The number of carboxylic acid groups (broad SMARTS) is 1. The summed E-state index contributed by atoms with van der Waals surface area (Å²) >= 11 is 1.25. The Bertz CT molecular complexity index is 775. The number of rotatable bonds is 9. The van der Waals surface area contributed by atoms with E-state index in [0.717, 1.165) is 10.4 Å². The average Bonchev–Trinajstić information content (AvgIpc) is 3.13. The van der Waals surface area contributed by atoms with Gasteiger partial charge in [0.15, 0.2) is 0 Å². The fourth-order valence-corrected chi connectivity index (χ4v) is 3.37. The lowest BCUT2D eigenvalue weighted by Crippen LogP contribution is -2.43. The largest absolute Gasteiger partial charge is 0.481 e. The molecule has 2 rings (SSSR count). The maximum atomic E-state index is 12.2. The van der Waals surface area contributed by atoms with Crippen LogP contribution in [0.15, 0.2) is 42.5 Å². The van der Waals surface area contributed by atoms with Gasteiger partial charge in [0.2, 0.25) is 0 Å². The molecule has 2 amide bonds. The van der Waals surface area contributed by atoms with E-state index in [0.29, 0.717) is 17.7 Å². The van der Waals surface area contributed by atoms with Crippen molar-refractivity contribution < 1.29 is 24.2 Å². The van der Waals surface area contributed by atoms with Gasteiger partial charge in [0.05, 0.1) is 13.7 Å². The number of hydrogen-bond acceptors (Lipinski definition) is 5. The Hall–Kier alpha value is -2.87. The van der Waals surface area contributed by atoms with Crippen molar-refractivity contribution in [1.29, 1.82) is 0 Å². The van der Waals surface area contributed by atoms with Crippen molar-refractivity contribution in [3.05, 3.63) is 57.8 Å². The molecule has 0 radical (unpaired) electrons. The van der Waals surface area contributed by atoms with Gasteiger partial charge in [0.1, 0.15) is 4.88 Å². The van der Waals surface area contributed by atoms with E-state index in [1.54, 1.807) is 12.1 Å². The minimum absolute atomic E-state index is 0.0226. The molecule has 8 heteroatoms. The van der Waals surface area contributed by atoms with Crippen LogP contribution in [0.5, 0.6) is 0 Å². The number of amides is 2. The molecule has 1 aromatic heterocycles. The van der Waals surface area contributed by atoms with Crippen molar-refractivity contribution in [1.82, 2.24) is 10.6 Å². The molecule has 0 saturated heterocycles. The van der Waals surface area contributed by atoms with E-state index >= 15 is 0 Å². The van der Waals surface area contributed by atoms with Crippen molar-refractivity contribution in [2.75, 3.05) is 7.11 Å². The minimum atomic E-state index is -0.899. The van der Waals surface area contributed by atoms with Crippen LogP contribution in [0.25, 0.3) is 0 Å². The Kier molecular flexibility index (Phi) is 7.81. The number of aliphatic carboxylic acids is 1. The highest BCUT2D eigenvalue weighted by Crippen LogP contribution is 2.17. The fraction of sp³-hybridized carbons (Fsp3) is 0.316. The molecule has 7 nitrogen and oxygen atoms in total. The van der Waals surface area contributed by atoms with Crippen LogP contribution in [0, 0.1) is 0 Å². The van der Waals surface area contributed by atoms with Gasteiger partial charge in [-0.25, -0.2) is 9.59 Å². The van der Waals surface area contributed by atoms with Crippen LogP contribution < -0.4 is 10.6 Å². The van der Waals surface area contributed by atoms with Gasteiger partial charge in [-0.15, -0.1) is 11.3 Å². The van der Waals surface area contributed by atoms with Gasteiger partial charge < -0.3 is 20.5 Å². The molecular formula is C19H22N2O5S. The van der Waals surface area contributed by atoms with E-state index in [9.17, 15) is 14.4 Å². The van der Waals surface area contributed by atoms with Gasteiger partial charge in [0, 0.05) is 17.3 Å². The summed E-state index contributed by atoms with van der Waals surface area (Å²) in [5.41, 5.74) is 1.02. The zero-order valence-corrected chi connectivity index (χ0v) is 15.8. The number of benzene rings is 1. The predicted molar refractivity (Wildman–Crippen MR) is 102 cm³/mol. The second kappa shape index (κ2) is 10.3. The van der Waals surface area contributed by atoms with E-state index in [-0.39, 0.29) is 25.0 Å². The number of carboxylic acids is 1. The molecule has 0 fully saturated rings. The molecule has 27 heavy (non-hydrogen) atoms. The van der Waals surface area contributed by atoms with Crippen molar-refractivity contribution in [2.24, 2.45) is 0 Å². The summed E-state index contributed by atoms with van der Waals surface area (Å²) in [5, 5.41) is 14.5. The number of ether oxygens (including phenoxy) is 1. The summed E-state index contributed by atoms with van der Waals surface area (Å²) < 4.78 is 4.65. The Morgan fingerprint density at radius 1 is 1.15 bits per heavy atom. The normalized spacial score (nSPS) is 11.4. The number of urea groups is 1. The Morgan fingerprint density at radius 3 is 2.56 bits per heavy atom. The second-order valence-corrected chi connectivity index (χ2v) is 7.07. The maximum absolute atomic E-state index is 12.2. The fourth-order valence-electron chi connectivity index (χ4n) is 2.51. The van der Waals surface area contributed by atoms with E-state index in [1.807, 2.05) is 30.3 Å². The van der Waals surface area contributed by atoms with Crippen LogP contribution in [0.2, 0.25) is 0 Å². The van der Waals surface area contributed by atoms with Crippen molar-refractivity contribution in [3.8, 4) is 0 Å².